The zero-order valence-corrected chi connectivity index (χ0v) is 14.5. The van der Waals surface area contributed by atoms with Crippen LogP contribution in [-0.4, -0.2) is 32.1 Å². The highest BCUT2D eigenvalue weighted by Gasteiger charge is 2.07. The number of allylic oxidation sites excluding steroid dienone is 1. The quantitative estimate of drug-likeness (QED) is 0.468. The van der Waals surface area contributed by atoms with Crippen LogP contribution in [0.5, 0.6) is 11.5 Å². The number of carbonyl (C=O) groups excluding carboxylic acids is 2. The van der Waals surface area contributed by atoms with Gasteiger partial charge in [0.05, 0.1) is 7.11 Å². The van der Waals surface area contributed by atoms with E-state index in [0.29, 0.717) is 29.7 Å². The molecule has 1 aromatic rings. The van der Waals surface area contributed by atoms with Crippen LogP contribution in [0.3, 0.4) is 0 Å². The molecular weight excluding hydrogens is 310 g/mol. The summed E-state index contributed by atoms with van der Waals surface area (Å²) in [5, 5.41) is 2.75. The average Bonchev–Trinajstić information content (AvgIpc) is 2.56. The van der Waals surface area contributed by atoms with E-state index >= 15 is 0 Å². The summed E-state index contributed by atoms with van der Waals surface area (Å²) in [5.41, 5.74) is 5.63. The highest BCUT2D eigenvalue weighted by molar-refractivity contribution is 5.88. The van der Waals surface area contributed by atoms with Crippen LogP contribution in [0.1, 0.15) is 20.8 Å². The van der Waals surface area contributed by atoms with Gasteiger partial charge in [0.2, 0.25) is 5.91 Å². The van der Waals surface area contributed by atoms with E-state index in [2.05, 4.69) is 16.2 Å². The van der Waals surface area contributed by atoms with Crippen LogP contribution in [0.4, 0.5) is 0 Å². The molecule has 0 spiro atoms. The SMILES string of the molecule is COc1ccccc1OCC(=O)NNC(C)=CC(=O)NCC(C)C. The van der Waals surface area contributed by atoms with Crippen LogP contribution < -0.4 is 25.6 Å². The third kappa shape index (κ3) is 7.53. The topological polar surface area (TPSA) is 88.7 Å². The Labute approximate surface area is 142 Å². The Kier molecular flexibility index (Phi) is 8.18. The van der Waals surface area contributed by atoms with Crippen molar-refractivity contribution in [2.45, 2.75) is 20.8 Å². The van der Waals surface area contributed by atoms with Crippen molar-refractivity contribution in [3.8, 4) is 11.5 Å². The number of amides is 2. The maximum atomic E-state index is 11.8. The first-order chi connectivity index (χ1) is 11.4. The summed E-state index contributed by atoms with van der Waals surface area (Å²) in [6, 6.07) is 7.06. The number of carbonyl (C=O) groups is 2. The Morgan fingerprint density at radius 1 is 1.17 bits per heavy atom. The molecule has 0 unspecified atom stereocenters. The van der Waals surface area contributed by atoms with Crippen molar-refractivity contribution < 1.29 is 19.1 Å². The number of nitrogens with one attached hydrogen (secondary N) is 3. The van der Waals surface area contributed by atoms with Gasteiger partial charge in [-0.2, -0.15) is 0 Å². The highest BCUT2D eigenvalue weighted by Crippen LogP contribution is 2.25. The second-order valence-electron chi connectivity index (χ2n) is 5.58. The predicted molar refractivity (Wildman–Crippen MR) is 91.4 cm³/mol. The minimum absolute atomic E-state index is 0.180. The molecule has 0 bridgehead atoms. The first-order valence-electron chi connectivity index (χ1n) is 7.69. The summed E-state index contributed by atoms with van der Waals surface area (Å²) in [6.07, 6.45) is 1.38. The van der Waals surface area contributed by atoms with Gasteiger partial charge in [0.1, 0.15) is 0 Å². The number of rotatable bonds is 9. The number of hydrogen-bond acceptors (Lipinski definition) is 5. The molecule has 0 aliphatic heterocycles. The molecule has 7 nitrogen and oxygen atoms in total. The largest absolute Gasteiger partial charge is 0.493 e. The molecule has 24 heavy (non-hydrogen) atoms. The monoisotopic (exact) mass is 335 g/mol. The number of hydrazine groups is 1. The van der Waals surface area contributed by atoms with Gasteiger partial charge < -0.3 is 20.2 Å². The van der Waals surface area contributed by atoms with E-state index in [0.717, 1.165) is 0 Å². The van der Waals surface area contributed by atoms with Crippen molar-refractivity contribution >= 4 is 11.8 Å². The number of methoxy groups -OCH3 is 1. The van der Waals surface area contributed by atoms with Gasteiger partial charge in [-0.25, -0.2) is 0 Å². The Morgan fingerprint density at radius 2 is 1.83 bits per heavy atom. The van der Waals surface area contributed by atoms with Crippen LogP contribution in [0.15, 0.2) is 36.0 Å². The lowest BCUT2D eigenvalue weighted by Crippen LogP contribution is -2.39. The second-order valence-corrected chi connectivity index (χ2v) is 5.58. The van der Waals surface area contributed by atoms with Crippen LogP contribution in [0, 0.1) is 5.92 Å². The molecule has 0 fully saturated rings. The maximum Gasteiger partial charge on any atom is 0.276 e. The van der Waals surface area contributed by atoms with Crippen molar-refractivity contribution in [3.05, 3.63) is 36.0 Å². The maximum absolute atomic E-state index is 11.8. The Bertz CT molecular complexity index is 585. The van der Waals surface area contributed by atoms with Gasteiger partial charge in [-0.15, -0.1) is 0 Å². The minimum Gasteiger partial charge on any atom is -0.493 e. The first kappa shape index (κ1) is 19.3. The lowest BCUT2D eigenvalue weighted by molar-refractivity contribution is -0.124. The van der Waals surface area contributed by atoms with E-state index in [-0.39, 0.29) is 18.4 Å². The first-order valence-corrected chi connectivity index (χ1v) is 7.69. The minimum atomic E-state index is -0.378. The van der Waals surface area contributed by atoms with Gasteiger partial charge in [0, 0.05) is 18.3 Å². The molecular formula is C17H25N3O4. The molecule has 0 atom stereocenters. The van der Waals surface area contributed by atoms with Crippen molar-refractivity contribution in [2.75, 3.05) is 20.3 Å². The van der Waals surface area contributed by atoms with Gasteiger partial charge >= 0.3 is 0 Å². The van der Waals surface area contributed by atoms with Crippen LogP contribution in [0.2, 0.25) is 0 Å². The number of hydrogen-bond donors (Lipinski definition) is 3. The van der Waals surface area contributed by atoms with Crippen LogP contribution in [0.25, 0.3) is 0 Å². The van der Waals surface area contributed by atoms with Gasteiger partial charge in [-0.3, -0.25) is 15.0 Å². The standard InChI is InChI=1S/C17H25N3O4/c1-12(2)10-18-16(21)9-13(3)19-20-17(22)11-24-15-8-6-5-7-14(15)23-4/h5-9,12,19H,10-11H2,1-4H3,(H,18,21)(H,20,22). The molecule has 7 heteroatoms. The van der Waals surface area contributed by atoms with Gasteiger partial charge in [-0.1, -0.05) is 26.0 Å². The van der Waals surface area contributed by atoms with Gasteiger partial charge in [0.15, 0.2) is 18.1 Å². The summed E-state index contributed by atoms with van der Waals surface area (Å²) < 4.78 is 10.5. The Hall–Kier alpha value is -2.70. The molecule has 3 N–H and O–H groups in total. The van der Waals surface area contributed by atoms with Crippen LogP contribution in [-0.2, 0) is 9.59 Å². The summed E-state index contributed by atoms with van der Waals surface area (Å²) in [5.74, 6) is 0.818. The third-order valence-corrected chi connectivity index (χ3v) is 2.86. The molecule has 0 saturated heterocycles. The third-order valence-electron chi connectivity index (χ3n) is 2.86. The summed E-state index contributed by atoms with van der Waals surface area (Å²) in [6.45, 7) is 6.12. The summed E-state index contributed by atoms with van der Waals surface area (Å²) >= 11 is 0. The van der Waals surface area contributed by atoms with Crippen molar-refractivity contribution in [1.82, 2.24) is 16.2 Å². The fourth-order valence-electron chi connectivity index (χ4n) is 1.67. The molecule has 0 heterocycles. The zero-order valence-electron chi connectivity index (χ0n) is 14.5. The van der Waals surface area contributed by atoms with Crippen LogP contribution >= 0.6 is 0 Å². The van der Waals surface area contributed by atoms with E-state index in [9.17, 15) is 9.59 Å². The average molecular weight is 335 g/mol. The van der Waals surface area contributed by atoms with Crippen molar-refractivity contribution in [3.63, 3.8) is 0 Å². The summed E-state index contributed by atoms with van der Waals surface area (Å²) in [4.78, 5) is 23.4. The predicted octanol–water partition coefficient (Wildman–Crippen LogP) is 1.37. The molecule has 1 aromatic carbocycles. The van der Waals surface area contributed by atoms with Gasteiger partial charge in [0.25, 0.3) is 5.91 Å². The Morgan fingerprint density at radius 3 is 2.46 bits per heavy atom. The van der Waals surface area contributed by atoms with Crippen molar-refractivity contribution in [2.24, 2.45) is 5.92 Å². The molecule has 0 aromatic heterocycles. The summed E-state index contributed by atoms with van der Waals surface area (Å²) in [7, 11) is 1.53. The molecule has 1 rings (SSSR count). The highest BCUT2D eigenvalue weighted by atomic mass is 16.5. The number of ether oxygens (including phenoxy) is 2. The molecule has 0 aliphatic rings. The number of benzene rings is 1. The van der Waals surface area contributed by atoms with E-state index in [1.165, 1.54) is 13.2 Å². The fourth-order valence-corrected chi connectivity index (χ4v) is 1.67. The molecule has 0 saturated carbocycles. The number of para-hydroxylation sites is 2. The molecule has 132 valence electrons. The van der Waals surface area contributed by atoms with E-state index in [1.54, 1.807) is 25.1 Å². The Balaban J connectivity index is 2.36. The van der Waals surface area contributed by atoms with Gasteiger partial charge in [-0.05, 0) is 25.0 Å². The lowest BCUT2D eigenvalue weighted by atomic mass is 10.2. The van der Waals surface area contributed by atoms with E-state index in [1.807, 2.05) is 19.9 Å². The smallest absolute Gasteiger partial charge is 0.276 e. The van der Waals surface area contributed by atoms with E-state index in [4.69, 9.17) is 9.47 Å². The molecule has 2 amide bonds. The fraction of sp³-hybridized carbons (Fsp3) is 0.412. The second kappa shape index (κ2) is 10.1. The molecule has 0 radical (unpaired) electrons. The van der Waals surface area contributed by atoms with Crippen molar-refractivity contribution in [1.29, 1.82) is 0 Å². The zero-order chi connectivity index (χ0) is 17.9. The van der Waals surface area contributed by atoms with E-state index < -0.39 is 0 Å². The molecule has 0 aliphatic carbocycles. The normalized spacial score (nSPS) is 11.0. The lowest BCUT2D eigenvalue weighted by Gasteiger charge is -2.12.